The average molecular weight is 565 g/mol. The van der Waals surface area contributed by atoms with Crippen LogP contribution in [0.2, 0.25) is 0 Å². The second kappa shape index (κ2) is 8.88. The van der Waals surface area contributed by atoms with E-state index in [0.29, 0.717) is 19.4 Å². The molecule has 8 heteroatoms. The average Bonchev–Trinajstić information content (AvgIpc) is 3.67. The number of para-hydroxylation sites is 1. The molecule has 1 aromatic rings. The van der Waals surface area contributed by atoms with Crippen LogP contribution in [0, 0.1) is 34.0 Å². The molecule has 5 fully saturated rings. The summed E-state index contributed by atoms with van der Waals surface area (Å²) in [5, 5.41) is 33.4. The van der Waals surface area contributed by atoms with Crippen LogP contribution in [0.3, 0.4) is 0 Å². The van der Waals surface area contributed by atoms with Crippen LogP contribution < -0.4 is 4.90 Å². The number of amides is 1. The third-order valence-electron chi connectivity index (χ3n) is 13.1. The van der Waals surface area contributed by atoms with E-state index in [-0.39, 0.29) is 48.4 Å². The number of hydrogen-bond acceptors (Lipinski definition) is 7. The number of carbonyl (C=O) groups is 2. The number of benzene rings is 1. The molecule has 2 aliphatic carbocycles. The highest BCUT2D eigenvalue weighted by Gasteiger charge is 2.80. The number of fused-ring (bicyclic) bond motifs is 6. The lowest BCUT2D eigenvalue weighted by Gasteiger charge is -2.60. The van der Waals surface area contributed by atoms with E-state index in [1.165, 1.54) is 0 Å². The van der Waals surface area contributed by atoms with Gasteiger partial charge in [-0.1, -0.05) is 44.2 Å². The Morgan fingerprint density at radius 1 is 1.10 bits per heavy atom. The molecule has 3 N–H and O–H groups in total. The Hall–Kier alpha value is -2.26. The Morgan fingerprint density at radius 3 is 2.56 bits per heavy atom. The largest absolute Gasteiger partial charge is 0.462 e. The lowest BCUT2D eigenvalue weighted by atomic mass is 9.44. The molecule has 10 atom stereocenters. The smallest absolute Gasteiger partial charge is 0.316 e. The highest BCUT2D eigenvalue weighted by molar-refractivity contribution is 6.09. The van der Waals surface area contributed by atoms with Crippen LogP contribution >= 0.6 is 0 Å². The van der Waals surface area contributed by atoms with Gasteiger partial charge < -0.3 is 25.0 Å². The van der Waals surface area contributed by atoms with Gasteiger partial charge in [0, 0.05) is 35.7 Å². The van der Waals surface area contributed by atoms with Gasteiger partial charge in [0.2, 0.25) is 0 Å². The fraction of sp³-hybridized carbons (Fsp3) is 0.697. The molecule has 8 nitrogen and oxygen atoms in total. The van der Waals surface area contributed by atoms with Crippen molar-refractivity contribution >= 4 is 17.6 Å². The molecule has 4 heterocycles. The van der Waals surface area contributed by atoms with Gasteiger partial charge in [0.1, 0.15) is 23.7 Å². The quantitative estimate of drug-likeness (QED) is 0.383. The molecule has 7 rings (SSSR count). The SMILES string of the molecule is C=C1CC[C@@H]2[C@](C)(CO)[C@H](O)CC[C@@]2(C)[C@@H]1CC1[C@@]2(C(=O)OC[C@H]2O)C2CCCN2[C@]12C(=O)N(C)c1ccccc12. The summed E-state index contributed by atoms with van der Waals surface area (Å²) in [6.45, 7) is 9.37. The van der Waals surface area contributed by atoms with Crippen molar-refractivity contribution in [2.75, 3.05) is 31.7 Å². The number of cyclic esters (lactones) is 1. The van der Waals surface area contributed by atoms with Crippen LogP contribution in [-0.2, 0) is 19.9 Å². The van der Waals surface area contributed by atoms with Crippen molar-refractivity contribution in [2.45, 2.75) is 82.6 Å². The van der Waals surface area contributed by atoms with E-state index in [0.717, 1.165) is 48.9 Å². The zero-order chi connectivity index (χ0) is 29.1. The molecule has 3 saturated heterocycles. The third kappa shape index (κ3) is 3.05. The highest BCUT2D eigenvalue weighted by atomic mass is 16.6. The number of hydrogen-bond donors (Lipinski definition) is 3. The van der Waals surface area contributed by atoms with E-state index >= 15 is 0 Å². The van der Waals surface area contributed by atoms with Gasteiger partial charge in [0.25, 0.3) is 5.91 Å². The van der Waals surface area contributed by atoms with Gasteiger partial charge >= 0.3 is 5.97 Å². The molecule has 1 aromatic carbocycles. The van der Waals surface area contributed by atoms with Crippen LogP contribution in [0.4, 0.5) is 5.69 Å². The number of aliphatic hydroxyl groups excluding tert-OH is 3. The minimum atomic E-state index is -1.22. The van der Waals surface area contributed by atoms with Crippen molar-refractivity contribution in [3.8, 4) is 0 Å². The van der Waals surface area contributed by atoms with Crippen LogP contribution in [0.25, 0.3) is 0 Å². The fourth-order valence-electron chi connectivity index (χ4n) is 11.2. The molecule has 4 aliphatic heterocycles. The van der Waals surface area contributed by atoms with Crippen LogP contribution in [-0.4, -0.2) is 77.2 Å². The van der Waals surface area contributed by atoms with Crippen molar-refractivity contribution in [3.05, 3.63) is 42.0 Å². The molecule has 2 saturated carbocycles. The predicted octanol–water partition coefficient (Wildman–Crippen LogP) is 2.99. The van der Waals surface area contributed by atoms with Gasteiger partial charge in [0.05, 0.1) is 12.7 Å². The topological polar surface area (TPSA) is 111 Å². The van der Waals surface area contributed by atoms with E-state index in [2.05, 4.69) is 18.4 Å². The summed E-state index contributed by atoms with van der Waals surface area (Å²) in [7, 11) is 1.82. The number of carbonyl (C=O) groups excluding carboxylic acids is 2. The van der Waals surface area contributed by atoms with Crippen LogP contribution in [0.1, 0.15) is 64.4 Å². The summed E-state index contributed by atoms with van der Waals surface area (Å²) < 4.78 is 5.68. The van der Waals surface area contributed by atoms with Crippen molar-refractivity contribution < 1.29 is 29.6 Å². The second-order valence-electron chi connectivity index (χ2n) is 14.4. The van der Waals surface area contributed by atoms with Gasteiger partial charge in [-0.05, 0) is 74.8 Å². The van der Waals surface area contributed by atoms with E-state index < -0.39 is 34.5 Å². The number of anilines is 1. The molecule has 222 valence electrons. The molecule has 0 aromatic heterocycles. The van der Waals surface area contributed by atoms with Gasteiger partial charge in [-0.15, -0.1) is 0 Å². The number of rotatable bonds is 3. The summed E-state index contributed by atoms with van der Waals surface area (Å²) in [5.74, 6) is -0.937. The number of ether oxygens (including phenoxy) is 1. The first-order valence-electron chi connectivity index (χ1n) is 15.5. The van der Waals surface area contributed by atoms with E-state index in [9.17, 15) is 24.9 Å². The standard InChI is InChI=1S/C33H44N2O6/c1-19-11-12-23-30(2,14-13-26(37)31(23,3)18-36)21(19)16-24-32(27(38)17-41-29(32)40)25-10-7-15-35(25)33(24)20-8-5-6-9-22(20)34(4)28(33)39/h5-6,8-9,21,23-27,36-38H,1,7,10-18H2,2-4H3/t21-,23+,24?,25?,26-,27-,30+,31+,32-,33+/m1/s1. The Bertz CT molecular complexity index is 1320. The summed E-state index contributed by atoms with van der Waals surface area (Å²) in [5.41, 5.74) is -0.370. The minimum Gasteiger partial charge on any atom is -0.462 e. The zero-order valence-corrected chi connectivity index (χ0v) is 24.5. The first-order valence-corrected chi connectivity index (χ1v) is 15.5. The summed E-state index contributed by atoms with van der Waals surface area (Å²) in [4.78, 5) is 32.8. The van der Waals surface area contributed by atoms with Crippen molar-refractivity contribution in [2.24, 2.45) is 34.0 Å². The molecule has 41 heavy (non-hydrogen) atoms. The molecule has 6 aliphatic rings. The molecular formula is C33H44N2O6. The van der Waals surface area contributed by atoms with Gasteiger partial charge in [-0.25, -0.2) is 0 Å². The molecule has 2 spiro atoms. The number of allylic oxidation sites excluding steroid dienone is 1. The van der Waals surface area contributed by atoms with Crippen molar-refractivity contribution in [3.63, 3.8) is 0 Å². The lowest BCUT2D eigenvalue weighted by Crippen LogP contribution is -2.59. The summed E-state index contributed by atoms with van der Waals surface area (Å²) in [6.07, 6.45) is 3.45. The fourth-order valence-corrected chi connectivity index (χ4v) is 11.2. The molecule has 0 bridgehead atoms. The maximum absolute atomic E-state index is 14.7. The predicted molar refractivity (Wildman–Crippen MR) is 153 cm³/mol. The summed E-state index contributed by atoms with van der Waals surface area (Å²) >= 11 is 0. The van der Waals surface area contributed by atoms with Gasteiger partial charge in [-0.3, -0.25) is 14.5 Å². The monoisotopic (exact) mass is 564 g/mol. The first-order chi connectivity index (χ1) is 19.5. The van der Waals surface area contributed by atoms with E-state index in [4.69, 9.17) is 4.74 Å². The van der Waals surface area contributed by atoms with Gasteiger partial charge in [-0.2, -0.15) is 0 Å². The highest BCUT2D eigenvalue weighted by Crippen LogP contribution is 2.70. The normalized spacial score (nSPS) is 47.3. The Morgan fingerprint density at radius 2 is 1.85 bits per heavy atom. The zero-order valence-electron chi connectivity index (χ0n) is 24.5. The third-order valence-corrected chi connectivity index (χ3v) is 13.1. The van der Waals surface area contributed by atoms with E-state index in [1.54, 1.807) is 4.90 Å². The number of nitrogens with zero attached hydrogens (tertiary/aromatic N) is 2. The molecule has 0 radical (unpaired) electrons. The Labute approximate surface area is 242 Å². The Balaban J connectivity index is 1.44. The molecule has 2 unspecified atom stereocenters. The van der Waals surface area contributed by atoms with Crippen LogP contribution in [0.15, 0.2) is 36.4 Å². The Kier molecular flexibility index (Phi) is 5.97. The van der Waals surface area contributed by atoms with Crippen molar-refractivity contribution in [1.82, 2.24) is 4.90 Å². The first kappa shape index (κ1) is 27.6. The number of esters is 1. The lowest BCUT2D eigenvalue weighted by molar-refractivity contribution is -0.161. The maximum atomic E-state index is 14.7. The summed E-state index contributed by atoms with van der Waals surface area (Å²) in [6, 6.07) is 7.63. The number of aliphatic hydroxyl groups is 3. The van der Waals surface area contributed by atoms with Gasteiger partial charge in [0.15, 0.2) is 0 Å². The van der Waals surface area contributed by atoms with Crippen molar-refractivity contribution in [1.29, 1.82) is 0 Å². The number of likely N-dealkylation sites (N-methyl/N-ethyl adjacent to an activating group) is 1. The maximum Gasteiger partial charge on any atom is 0.316 e. The molecular weight excluding hydrogens is 520 g/mol. The minimum absolute atomic E-state index is 0.0400. The second-order valence-corrected chi connectivity index (χ2v) is 14.4. The van der Waals surface area contributed by atoms with E-state index in [1.807, 2.05) is 38.2 Å². The van der Waals surface area contributed by atoms with Crippen LogP contribution in [0.5, 0.6) is 0 Å². The molecule has 1 amide bonds.